The number of fused-ring (bicyclic) bond motifs is 1. The smallest absolute Gasteiger partial charge is 0.335 e. The number of nitro benzene ring substituents is 1. The first-order valence-corrected chi connectivity index (χ1v) is 7.49. The van der Waals surface area contributed by atoms with Crippen LogP contribution in [0.25, 0.3) is 0 Å². The van der Waals surface area contributed by atoms with Crippen molar-refractivity contribution < 1.29 is 33.5 Å². The van der Waals surface area contributed by atoms with Gasteiger partial charge in [-0.05, 0) is 19.9 Å². The number of nitro groups is 1. The van der Waals surface area contributed by atoms with E-state index in [0.717, 1.165) is 6.07 Å². The molecule has 0 radical (unpaired) electrons. The van der Waals surface area contributed by atoms with Crippen LogP contribution in [0.5, 0.6) is 5.75 Å². The molecule has 10 nitrogen and oxygen atoms in total. The topological polar surface area (TPSA) is 134 Å². The van der Waals surface area contributed by atoms with Gasteiger partial charge >= 0.3 is 17.9 Å². The predicted molar refractivity (Wildman–Crippen MR) is 82.9 cm³/mol. The van der Waals surface area contributed by atoms with E-state index in [1.807, 2.05) is 0 Å². The van der Waals surface area contributed by atoms with Crippen LogP contribution in [0.4, 0.5) is 11.4 Å². The molecule has 25 heavy (non-hydrogen) atoms. The number of ether oxygens (including phenoxy) is 3. The van der Waals surface area contributed by atoms with Crippen molar-refractivity contribution in [3.05, 3.63) is 28.3 Å². The van der Waals surface area contributed by atoms with E-state index in [1.54, 1.807) is 13.8 Å². The van der Waals surface area contributed by atoms with E-state index in [0.29, 0.717) is 0 Å². The molecule has 1 heterocycles. The lowest BCUT2D eigenvalue weighted by molar-refractivity contribution is -0.384. The number of esters is 3. The van der Waals surface area contributed by atoms with Gasteiger partial charge in [0.2, 0.25) is 0 Å². The zero-order valence-electron chi connectivity index (χ0n) is 13.5. The summed E-state index contributed by atoms with van der Waals surface area (Å²) in [6.07, 6.45) is 0. The lowest BCUT2D eigenvalue weighted by Gasteiger charge is -2.28. The van der Waals surface area contributed by atoms with E-state index in [2.05, 4.69) is 5.32 Å². The Bertz CT molecular complexity index is 699. The number of hydrogen-bond acceptors (Lipinski definition) is 9. The highest BCUT2D eigenvalue weighted by Gasteiger charge is 2.45. The standard InChI is InChI=1S/C15H16N2O8/c1-3-23-13(18)11(14(19)24-4-2)12-15(20)25-10-6-5-8(17(21)22)7-9(10)16-12/h5-7,11-12,16H,3-4H2,1-2H3. The molecular weight excluding hydrogens is 336 g/mol. The summed E-state index contributed by atoms with van der Waals surface area (Å²) in [6, 6.07) is 2.13. The fraction of sp³-hybridized carbons (Fsp3) is 0.400. The van der Waals surface area contributed by atoms with Crippen LogP contribution < -0.4 is 10.1 Å². The fourth-order valence-corrected chi connectivity index (χ4v) is 2.28. The summed E-state index contributed by atoms with van der Waals surface area (Å²) in [7, 11) is 0. The SMILES string of the molecule is CCOC(=O)C(C(=O)OCC)C1Nc2cc([N+](=O)[O-])ccc2OC1=O. The van der Waals surface area contributed by atoms with Crippen LogP contribution in [-0.4, -0.2) is 42.1 Å². The molecule has 10 heteroatoms. The van der Waals surface area contributed by atoms with Crippen LogP contribution >= 0.6 is 0 Å². The Morgan fingerprint density at radius 3 is 2.40 bits per heavy atom. The zero-order chi connectivity index (χ0) is 18.6. The Morgan fingerprint density at radius 2 is 1.88 bits per heavy atom. The molecule has 1 aliphatic rings. The summed E-state index contributed by atoms with van der Waals surface area (Å²) in [5.74, 6) is -4.35. The molecule has 2 rings (SSSR count). The maximum Gasteiger partial charge on any atom is 0.335 e. The fourth-order valence-electron chi connectivity index (χ4n) is 2.28. The number of rotatable bonds is 6. The first kappa shape index (κ1) is 18.2. The average Bonchev–Trinajstić information content (AvgIpc) is 2.55. The number of benzene rings is 1. The summed E-state index contributed by atoms with van der Waals surface area (Å²) in [4.78, 5) is 46.7. The number of anilines is 1. The number of carbonyl (C=O) groups is 3. The Morgan fingerprint density at radius 1 is 1.28 bits per heavy atom. The summed E-state index contributed by atoms with van der Waals surface area (Å²) in [5.41, 5.74) is -0.135. The van der Waals surface area contributed by atoms with Crippen LogP contribution in [0.15, 0.2) is 18.2 Å². The molecule has 0 spiro atoms. The van der Waals surface area contributed by atoms with Crippen molar-refractivity contribution in [1.82, 2.24) is 0 Å². The number of carbonyl (C=O) groups excluding carboxylic acids is 3. The van der Waals surface area contributed by atoms with Gasteiger partial charge in [0.25, 0.3) is 5.69 Å². The van der Waals surface area contributed by atoms with Gasteiger partial charge in [0.05, 0.1) is 23.8 Å². The van der Waals surface area contributed by atoms with E-state index in [4.69, 9.17) is 14.2 Å². The molecular formula is C15H16N2O8. The van der Waals surface area contributed by atoms with Gasteiger partial charge in [0.15, 0.2) is 11.7 Å². The first-order chi connectivity index (χ1) is 11.9. The molecule has 1 atom stereocenters. The second-order valence-electron chi connectivity index (χ2n) is 4.96. The minimum Gasteiger partial charge on any atom is -0.465 e. The van der Waals surface area contributed by atoms with Crippen molar-refractivity contribution in [3.63, 3.8) is 0 Å². The second-order valence-corrected chi connectivity index (χ2v) is 4.96. The van der Waals surface area contributed by atoms with Gasteiger partial charge in [0.1, 0.15) is 6.04 Å². The third-order valence-electron chi connectivity index (χ3n) is 3.36. The molecule has 0 fully saturated rings. The lowest BCUT2D eigenvalue weighted by Crippen LogP contribution is -2.50. The van der Waals surface area contributed by atoms with E-state index in [-0.39, 0.29) is 30.3 Å². The third kappa shape index (κ3) is 3.84. The van der Waals surface area contributed by atoms with Gasteiger partial charge in [-0.1, -0.05) is 0 Å². The van der Waals surface area contributed by atoms with Crippen LogP contribution in [0.1, 0.15) is 13.8 Å². The van der Waals surface area contributed by atoms with Crippen molar-refractivity contribution in [2.24, 2.45) is 5.92 Å². The molecule has 1 unspecified atom stereocenters. The van der Waals surface area contributed by atoms with Gasteiger partial charge in [-0.3, -0.25) is 19.7 Å². The maximum atomic E-state index is 12.2. The molecule has 1 aromatic rings. The van der Waals surface area contributed by atoms with Crippen LogP contribution in [-0.2, 0) is 23.9 Å². The van der Waals surface area contributed by atoms with E-state index in [9.17, 15) is 24.5 Å². The Hall–Kier alpha value is -3.17. The minimum absolute atomic E-state index is 0.00142. The second kappa shape index (κ2) is 7.60. The maximum absolute atomic E-state index is 12.2. The molecule has 0 bridgehead atoms. The van der Waals surface area contributed by atoms with Gasteiger partial charge in [0, 0.05) is 12.1 Å². The first-order valence-electron chi connectivity index (χ1n) is 7.49. The van der Waals surface area contributed by atoms with Crippen molar-refractivity contribution in [2.45, 2.75) is 19.9 Å². The normalized spacial score (nSPS) is 15.6. The number of non-ortho nitro benzene ring substituents is 1. The van der Waals surface area contributed by atoms with Crippen molar-refractivity contribution in [2.75, 3.05) is 18.5 Å². The largest absolute Gasteiger partial charge is 0.465 e. The number of nitrogens with one attached hydrogen (secondary N) is 1. The molecule has 0 amide bonds. The summed E-state index contributed by atoms with van der Waals surface area (Å²) in [5, 5.41) is 13.5. The average molecular weight is 352 g/mol. The molecule has 134 valence electrons. The molecule has 1 aliphatic heterocycles. The van der Waals surface area contributed by atoms with Gasteiger partial charge in [-0.25, -0.2) is 4.79 Å². The van der Waals surface area contributed by atoms with Crippen LogP contribution in [0, 0.1) is 16.0 Å². The van der Waals surface area contributed by atoms with Gasteiger partial charge in [-0.15, -0.1) is 0 Å². The minimum atomic E-state index is -1.60. The van der Waals surface area contributed by atoms with E-state index >= 15 is 0 Å². The quantitative estimate of drug-likeness (QED) is 0.262. The third-order valence-corrected chi connectivity index (χ3v) is 3.36. The van der Waals surface area contributed by atoms with Crippen molar-refractivity contribution in [3.8, 4) is 5.75 Å². The molecule has 1 N–H and O–H groups in total. The number of hydrogen-bond donors (Lipinski definition) is 1. The monoisotopic (exact) mass is 352 g/mol. The van der Waals surface area contributed by atoms with Gasteiger partial charge < -0.3 is 19.5 Å². The highest BCUT2D eigenvalue weighted by molar-refractivity contribution is 6.03. The Kier molecular flexibility index (Phi) is 5.52. The summed E-state index contributed by atoms with van der Waals surface area (Å²) in [6.45, 7) is 3.09. The van der Waals surface area contributed by atoms with Crippen molar-refractivity contribution >= 4 is 29.3 Å². The summed E-state index contributed by atoms with van der Waals surface area (Å²) < 4.78 is 14.7. The molecule has 0 aliphatic carbocycles. The molecule has 0 saturated heterocycles. The lowest BCUT2D eigenvalue weighted by atomic mass is 9.98. The van der Waals surface area contributed by atoms with E-state index in [1.165, 1.54) is 12.1 Å². The highest BCUT2D eigenvalue weighted by Crippen LogP contribution is 2.34. The Labute approximate surface area is 142 Å². The van der Waals surface area contributed by atoms with Crippen LogP contribution in [0.2, 0.25) is 0 Å². The van der Waals surface area contributed by atoms with Crippen molar-refractivity contribution in [1.29, 1.82) is 0 Å². The molecule has 0 saturated carbocycles. The molecule has 1 aromatic carbocycles. The van der Waals surface area contributed by atoms with Gasteiger partial charge in [-0.2, -0.15) is 0 Å². The Balaban J connectivity index is 2.36. The predicted octanol–water partition coefficient (Wildman–Crippen LogP) is 1.04. The zero-order valence-corrected chi connectivity index (χ0v) is 13.5. The van der Waals surface area contributed by atoms with E-state index < -0.39 is 34.8 Å². The number of nitrogens with zero attached hydrogens (tertiary/aromatic N) is 1. The summed E-state index contributed by atoms with van der Waals surface area (Å²) >= 11 is 0. The highest BCUT2D eigenvalue weighted by atomic mass is 16.6. The molecule has 0 aromatic heterocycles. The van der Waals surface area contributed by atoms with Crippen LogP contribution in [0.3, 0.4) is 0 Å².